The van der Waals surface area contributed by atoms with Crippen molar-refractivity contribution < 1.29 is 24.2 Å². The fourth-order valence-corrected chi connectivity index (χ4v) is 8.58. The van der Waals surface area contributed by atoms with E-state index >= 15 is 0 Å². The van der Waals surface area contributed by atoms with Crippen LogP contribution < -0.4 is 5.32 Å². The van der Waals surface area contributed by atoms with E-state index in [-0.39, 0.29) is 42.3 Å². The number of benzene rings is 2. The van der Waals surface area contributed by atoms with E-state index in [0.29, 0.717) is 52.9 Å². The summed E-state index contributed by atoms with van der Waals surface area (Å²) in [6, 6.07) is 11.2. The molecule has 12 heteroatoms. The van der Waals surface area contributed by atoms with E-state index in [0.717, 1.165) is 62.3 Å². The summed E-state index contributed by atoms with van der Waals surface area (Å²) in [4.78, 5) is 45.9. The molecule has 0 bridgehead atoms. The lowest BCUT2D eigenvalue weighted by Crippen LogP contribution is -2.51. The molecular formula is C38H47Cl2N5O5. The van der Waals surface area contributed by atoms with Gasteiger partial charge in [0.1, 0.15) is 0 Å². The first-order chi connectivity index (χ1) is 24.1. The fourth-order valence-electron chi connectivity index (χ4n) is 8.12. The highest BCUT2D eigenvalue weighted by Gasteiger charge is 2.40. The number of carbonyl (C=O) groups is 3. The summed E-state index contributed by atoms with van der Waals surface area (Å²) in [5, 5.41) is 13.8. The highest BCUT2D eigenvalue weighted by molar-refractivity contribution is 6.36. The van der Waals surface area contributed by atoms with Crippen molar-refractivity contribution in [1.82, 2.24) is 19.3 Å². The van der Waals surface area contributed by atoms with Crippen LogP contribution in [0.15, 0.2) is 42.6 Å². The third kappa shape index (κ3) is 8.00. The van der Waals surface area contributed by atoms with Gasteiger partial charge in [-0.25, -0.2) is 0 Å². The van der Waals surface area contributed by atoms with Gasteiger partial charge in [-0.2, -0.15) is 0 Å². The zero-order valence-electron chi connectivity index (χ0n) is 28.7. The zero-order chi connectivity index (χ0) is 34.9. The maximum absolute atomic E-state index is 14.0. The standard InChI is InChI=1S/C38H47Cl2N5O5/c1-42-22-31(30-4-2-3-5-35(30)42)37(47)41-34-19-32(39)26(16-33(34)40)17-36(46)45-21-27(44-14-12-43(13-15-44)20-24-6-7-24)18-28(45)23-50-29-10-8-25(9-11-29)38(48)49/h2-5,16,19,22,24-25,27-29H,6-15,17-18,20-21,23H2,1H3,(H,41,47)(H,48,49)/t25-,27-,28-,29-/m0/s1. The predicted molar refractivity (Wildman–Crippen MR) is 195 cm³/mol. The summed E-state index contributed by atoms with van der Waals surface area (Å²) in [7, 11) is 1.90. The molecule has 2 amide bonds. The van der Waals surface area contributed by atoms with Crippen LogP contribution in [0.4, 0.5) is 5.69 Å². The molecule has 2 aromatic carbocycles. The average Bonchev–Trinajstić information content (AvgIpc) is 3.72. The highest BCUT2D eigenvalue weighted by atomic mass is 35.5. The number of ether oxygens (including phenoxy) is 1. The number of nitrogens with zero attached hydrogens (tertiary/aromatic N) is 4. The molecule has 4 aliphatic rings. The second kappa shape index (κ2) is 15.2. The van der Waals surface area contributed by atoms with E-state index in [2.05, 4.69) is 15.1 Å². The quantitative estimate of drug-likeness (QED) is 0.252. The highest BCUT2D eigenvalue weighted by Crippen LogP contribution is 2.34. The largest absolute Gasteiger partial charge is 0.481 e. The Hall–Kier alpha value is -3.15. The number of halogens is 2. The molecule has 2 atom stereocenters. The van der Waals surface area contributed by atoms with Crippen molar-refractivity contribution >= 4 is 57.6 Å². The second-order valence-electron chi connectivity index (χ2n) is 14.7. The summed E-state index contributed by atoms with van der Waals surface area (Å²) in [5.41, 5.74) is 2.47. The number of nitrogens with one attached hydrogen (secondary N) is 1. The summed E-state index contributed by atoms with van der Waals surface area (Å²) in [6.07, 6.45) is 8.14. The number of hydrogen-bond acceptors (Lipinski definition) is 6. The zero-order valence-corrected chi connectivity index (χ0v) is 30.2. The number of hydrogen-bond donors (Lipinski definition) is 2. The third-order valence-electron chi connectivity index (χ3n) is 11.3. The van der Waals surface area contributed by atoms with Crippen LogP contribution in [0.2, 0.25) is 10.0 Å². The minimum absolute atomic E-state index is 0.0115. The Morgan fingerprint density at radius 1 is 0.960 bits per heavy atom. The monoisotopic (exact) mass is 723 g/mol. The Morgan fingerprint density at radius 3 is 2.42 bits per heavy atom. The molecule has 50 heavy (non-hydrogen) atoms. The molecule has 3 heterocycles. The number of aromatic nitrogens is 1. The maximum atomic E-state index is 14.0. The van der Waals surface area contributed by atoms with Crippen molar-refractivity contribution in [3.63, 3.8) is 0 Å². The number of likely N-dealkylation sites (tertiary alicyclic amines) is 1. The van der Waals surface area contributed by atoms with Gasteiger partial charge in [0.15, 0.2) is 0 Å². The van der Waals surface area contributed by atoms with Crippen molar-refractivity contribution in [1.29, 1.82) is 0 Å². The first kappa shape index (κ1) is 35.3. The summed E-state index contributed by atoms with van der Waals surface area (Å²) in [5.74, 6) is -0.469. The normalized spacial score (nSPS) is 24.9. The van der Waals surface area contributed by atoms with E-state index < -0.39 is 5.97 Å². The maximum Gasteiger partial charge on any atom is 0.306 e. The number of carboxylic acids is 1. The van der Waals surface area contributed by atoms with Crippen LogP contribution in [0, 0.1) is 11.8 Å². The van der Waals surface area contributed by atoms with Crippen molar-refractivity contribution in [2.24, 2.45) is 18.9 Å². The van der Waals surface area contributed by atoms with Crippen LogP contribution in [0.25, 0.3) is 10.9 Å². The topological polar surface area (TPSA) is 107 Å². The van der Waals surface area contributed by atoms with E-state index in [1.165, 1.54) is 19.4 Å². The molecule has 2 aliphatic heterocycles. The van der Waals surface area contributed by atoms with Crippen molar-refractivity contribution in [2.45, 2.75) is 69.6 Å². The molecule has 4 fully saturated rings. The van der Waals surface area contributed by atoms with Gasteiger partial charge in [-0.3, -0.25) is 19.3 Å². The number of carboxylic acid groups (broad SMARTS) is 1. The number of amides is 2. The van der Waals surface area contributed by atoms with Gasteiger partial charge in [0.05, 0.1) is 47.4 Å². The lowest BCUT2D eigenvalue weighted by molar-refractivity contribution is -0.144. The van der Waals surface area contributed by atoms with Crippen molar-refractivity contribution in [2.75, 3.05) is 51.2 Å². The molecule has 268 valence electrons. The molecule has 2 N–H and O–H groups in total. The minimum atomic E-state index is -0.727. The Bertz CT molecular complexity index is 1730. The van der Waals surface area contributed by atoms with E-state index in [1.807, 2.05) is 40.8 Å². The van der Waals surface area contributed by atoms with Crippen molar-refractivity contribution in [3.05, 3.63) is 63.8 Å². The average molecular weight is 725 g/mol. The number of anilines is 1. The van der Waals surface area contributed by atoms with Crippen LogP contribution in [0.5, 0.6) is 0 Å². The van der Waals surface area contributed by atoms with Gasteiger partial charge in [-0.1, -0.05) is 41.4 Å². The van der Waals surface area contributed by atoms with Crippen LogP contribution in [0.3, 0.4) is 0 Å². The van der Waals surface area contributed by atoms with Gasteiger partial charge in [-0.05, 0) is 74.6 Å². The first-order valence-corrected chi connectivity index (χ1v) is 18.8. The molecule has 2 saturated carbocycles. The molecule has 1 aromatic heterocycles. The number of aliphatic carboxylic acids is 1. The lowest BCUT2D eigenvalue weighted by Gasteiger charge is -2.38. The van der Waals surface area contributed by atoms with Crippen LogP contribution in [0.1, 0.15) is 60.9 Å². The van der Waals surface area contributed by atoms with Gasteiger partial charge < -0.3 is 29.5 Å². The molecule has 0 radical (unpaired) electrons. The van der Waals surface area contributed by atoms with Crippen LogP contribution in [-0.2, 0) is 27.8 Å². The Balaban J connectivity index is 1.01. The van der Waals surface area contributed by atoms with Gasteiger partial charge in [0, 0.05) is 74.5 Å². The Labute approximate surface area is 303 Å². The Kier molecular flexibility index (Phi) is 10.7. The number of para-hydroxylation sites is 1. The molecule has 10 nitrogen and oxygen atoms in total. The van der Waals surface area contributed by atoms with Gasteiger partial charge in [0.25, 0.3) is 5.91 Å². The number of piperazine rings is 1. The first-order valence-electron chi connectivity index (χ1n) is 18.1. The molecule has 0 spiro atoms. The van der Waals surface area contributed by atoms with Crippen molar-refractivity contribution in [3.8, 4) is 0 Å². The van der Waals surface area contributed by atoms with E-state index in [1.54, 1.807) is 18.3 Å². The third-order valence-corrected chi connectivity index (χ3v) is 11.9. The smallest absolute Gasteiger partial charge is 0.306 e. The molecule has 7 rings (SSSR count). The number of fused-ring (bicyclic) bond motifs is 1. The number of rotatable bonds is 11. The molecule has 3 aromatic rings. The molecule has 2 aliphatic carbocycles. The molecular weight excluding hydrogens is 677 g/mol. The summed E-state index contributed by atoms with van der Waals surface area (Å²) in [6.45, 7) is 6.39. The van der Waals surface area contributed by atoms with Gasteiger partial charge in [-0.15, -0.1) is 0 Å². The summed E-state index contributed by atoms with van der Waals surface area (Å²) >= 11 is 13.4. The SMILES string of the molecule is Cn1cc(C(=O)Nc2cc(Cl)c(CC(=O)N3C[C@@H](N4CCN(CC5CC5)CC4)C[C@H]3CO[C@H]3CC[C@H](C(=O)O)CC3)cc2Cl)c2ccccc21. The molecule has 2 saturated heterocycles. The fraction of sp³-hybridized carbons (Fsp3) is 0.553. The van der Waals surface area contributed by atoms with Crippen LogP contribution in [-0.4, -0.2) is 106 Å². The minimum Gasteiger partial charge on any atom is -0.481 e. The summed E-state index contributed by atoms with van der Waals surface area (Å²) < 4.78 is 8.30. The predicted octanol–water partition coefficient (Wildman–Crippen LogP) is 5.94. The lowest BCUT2D eigenvalue weighted by atomic mass is 9.87. The Morgan fingerprint density at radius 2 is 1.70 bits per heavy atom. The van der Waals surface area contributed by atoms with Gasteiger partial charge in [0.2, 0.25) is 5.91 Å². The van der Waals surface area contributed by atoms with E-state index in [9.17, 15) is 19.5 Å². The second-order valence-corrected chi connectivity index (χ2v) is 15.6. The number of carbonyl (C=O) groups excluding carboxylic acids is 2. The van der Waals surface area contributed by atoms with E-state index in [4.69, 9.17) is 27.9 Å². The van der Waals surface area contributed by atoms with Crippen LogP contribution >= 0.6 is 23.2 Å². The van der Waals surface area contributed by atoms with Gasteiger partial charge >= 0.3 is 5.97 Å². The number of aryl methyl sites for hydroxylation is 1. The molecule has 0 unspecified atom stereocenters.